The number of likely N-dealkylation sites (N-methyl/N-ethyl adjacent to an activating group) is 1. The van der Waals surface area contributed by atoms with Crippen LogP contribution in [0.1, 0.15) is 5.56 Å². The Labute approximate surface area is 113 Å². The van der Waals surface area contributed by atoms with Crippen LogP contribution in [-0.2, 0) is 6.42 Å². The Bertz CT molecular complexity index is 462. The van der Waals surface area contributed by atoms with Gasteiger partial charge in [0.1, 0.15) is 0 Å². The maximum atomic E-state index is 11.8. The van der Waals surface area contributed by atoms with E-state index in [1.165, 1.54) is 0 Å². The van der Waals surface area contributed by atoms with Gasteiger partial charge in [0.15, 0.2) is 11.5 Å². The Hall–Kier alpha value is -1.91. The number of benzene rings is 1. The lowest BCUT2D eigenvalue weighted by Crippen LogP contribution is -2.31. The summed E-state index contributed by atoms with van der Waals surface area (Å²) in [6, 6.07) is 5.97. The van der Waals surface area contributed by atoms with Crippen LogP contribution in [0.25, 0.3) is 0 Å². The number of hydrogen-bond donors (Lipinski definition) is 0. The summed E-state index contributed by atoms with van der Waals surface area (Å²) in [6.45, 7) is 2.35. The fourth-order valence-electron chi connectivity index (χ4n) is 2.21. The van der Waals surface area contributed by atoms with Gasteiger partial charge in [-0.15, -0.1) is 0 Å². The van der Waals surface area contributed by atoms with Gasteiger partial charge in [-0.25, -0.2) is 4.79 Å². The van der Waals surface area contributed by atoms with E-state index in [1.54, 1.807) is 19.1 Å². The van der Waals surface area contributed by atoms with E-state index in [2.05, 4.69) is 0 Å². The van der Waals surface area contributed by atoms with Crippen LogP contribution in [0, 0.1) is 0 Å². The molecule has 0 spiro atoms. The Balaban J connectivity index is 1.98. The number of urea groups is 1. The molecule has 0 unspecified atom stereocenters. The fraction of sp³-hybridized carbons (Fsp3) is 0.500. The van der Waals surface area contributed by atoms with Crippen LogP contribution in [0.15, 0.2) is 18.2 Å². The van der Waals surface area contributed by atoms with Crippen molar-refractivity contribution in [1.29, 1.82) is 0 Å². The van der Waals surface area contributed by atoms with Crippen molar-refractivity contribution in [3.63, 3.8) is 0 Å². The smallest absolute Gasteiger partial charge is 0.319 e. The summed E-state index contributed by atoms with van der Waals surface area (Å²) in [4.78, 5) is 15.4. The van der Waals surface area contributed by atoms with Crippen LogP contribution >= 0.6 is 0 Å². The summed E-state index contributed by atoms with van der Waals surface area (Å²) in [5, 5.41) is 0. The first kappa shape index (κ1) is 13.5. The van der Waals surface area contributed by atoms with E-state index in [1.807, 2.05) is 30.1 Å². The second-order valence-corrected chi connectivity index (χ2v) is 4.63. The van der Waals surface area contributed by atoms with Crippen molar-refractivity contribution in [2.45, 2.75) is 6.42 Å². The summed E-state index contributed by atoms with van der Waals surface area (Å²) in [7, 11) is 5.08. The number of carbonyl (C=O) groups is 1. The van der Waals surface area contributed by atoms with E-state index in [-0.39, 0.29) is 6.03 Å². The van der Waals surface area contributed by atoms with Crippen LogP contribution in [-0.4, -0.2) is 56.7 Å². The lowest BCUT2D eigenvalue weighted by atomic mass is 10.1. The minimum atomic E-state index is 0.112. The molecule has 104 valence electrons. The number of nitrogens with zero attached hydrogens (tertiary/aromatic N) is 2. The van der Waals surface area contributed by atoms with E-state index >= 15 is 0 Å². The molecule has 1 aromatic rings. The summed E-state index contributed by atoms with van der Waals surface area (Å²) in [5.41, 5.74) is 1.14. The summed E-state index contributed by atoms with van der Waals surface area (Å²) in [5.74, 6) is 1.45. The van der Waals surface area contributed by atoms with Crippen molar-refractivity contribution in [2.24, 2.45) is 0 Å². The topological polar surface area (TPSA) is 42.0 Å². The molecule has 5 heteroatoms. The zero-order valence-corrected chi connectivity index (χ0v) is 11.7. The largest absolute Gasteiger partial charge is 0.493 e. The van der Waals surface area contributed by atoms with Crippen LogP contribution in [0.2, 0.25) is 0 Å². The zero-order valence-electron chi connectivity index (χ0n) is 11.7. The molecule has 0 radical (unpaired) electrons. The Morgan fingerprint density at radius 2 is 1.89 bits per heavy atom. The third-order valence-corrected chi connectivity index (χ3v) is 3.42. The van der Waals surface area contributed by atoms with E-state index in [9.17, 15) is 4.79 Å². The first-order valence-corrected chi connectivity index (χ1v) is 6.36. The maximum Gasteiger partial charge on any atom is 0.319 e. The van der Waals surface area contributed by atoms with E-state index in [0.717, 1.165) is 43.1 Å². The maximum absolute atomic E-state index is 11.8. The Morgan fingerprint density at radius 3 is 2.47 bits per heavy atom. The molecule has 2 amide bonds. The van der Waals surface area contributed by atoms with Gasteiger partial charge in [0.05, 0.1) is 14.2 Å². The van der Waals surface area contributed by atoms with Crippen molar-refractivity contribution in [1.82, 2.24) is 9.80 Å². The number of methoxy groups -OCH3 is 2. The first-order valence-electron chi connectivity index (χ1n) is 6.36. The van der Waals surface area contributed by atoms with Crippen LogP contribution in [0.3, 0.4) is 0 Å². The van der Waals surface area contributed by atoms with Gasteiger partial charge in [-0.3, -0.25) is 0 Å². The molecule has 1 heterocycles. The molecule has 0 bridgehead atoms. The molecule has 19 heavy (non-hydrogen) atoms. The predicted octanol–water partition coefficient (Wildman–Crippen LogP) is 1.61. The van der Waals surface area contributed by atoms with Gasteiger partial charge in [0.2, 0.25) is 0 Å². The van der Waals surface area contributed by atoms with E-state index in [4.69, 9.17) is 9.47 Å². The minimum Gasteiger partial charge on any atom is -0.493 e. The molecule has 0 aromatic heterocycles. The summed E-state index contributed by atoms with van der Waals surface area (Å²) >= 11 is 0. The molecular weight excluding hydrogens is 244 g/mol. The van der Waals surface area contributed by atoms with Crippen LogP contribution < -0.4 is 9.47 Å². The highest BCUT2D eigenvalue weighted by molar-refractivity contribution is 5.76. The number of carbonyl (C=O) groups excluding carboxylic acids is 1. The van der Waals surface area contributed by atoms with Gasteiger partial charge < -0.3 is 19.3 Å². The standard InChI is InChI=1S/C14H20N2O3/c1-15-8-9-16(14(15)17)7-6-11-4-5-12(18-2)13(10-11)19-3/h4-5,10H,6-9H2,1-3H3. The SMILES string of the molecule is COc1ccc(CCN2CCN(C)C2=O)cc1OC. The third kappa shape index (κ3) is 2.92. The van der Waals surface area contributed by atoms with Gasteiger partial charge in [0, 0.05) is 26.7 Å². The molecule has 0 saturated carbocycles. The molecule has 0 atom stereocenters. The van der Waals surface area contributed by atoms with Crippen molar-refractivity contribution in [3.8, 4) is 11.5 Å². The summed E-state index contributed by atoms with van der Waals surface area (Å²) < 4.78 is 10.5. The van der Waals surface area contributed by atoms with E-state index in [0.29, 0.717) is 0 Å². The monoisotopic (exact) mass is 264 g/mol. The predicted molar refractivity (Wildman–Crippen MR) is 72.8 cm³/mol. The fourth-order valence-corrected chi connectivity index (χ4v) is 2.21. The lowest BCUT2D eigenvalue weighted by Gasteiger charge is -2.16. The quantitative estimate of drug-likeness (QED) is 0.811. The Morgan fingerprint density at radius 1 is 1.16 bits per heavy atom. The summed E-state index contributed by atoms with van der Waals surface area (Å²) in [6.07, 6.45) is 0.819. The van der Waals surface area contributed by atoms with Crippen molar-refractivity contribution < 1.29 is 14.3 Å². The van der Waals surface area contributed by atoms with Crippen molar-refractivity contribution >= 4 is 6.03 Å². The molecule has 1 saturated heterocycles. The highest BCUT2D eigenvalue weighted by Gasteiger charge is 2.24. The highest BCUT2D eigenvalue weighted by atomic mass is 16.5. The van der Waals surface area contributed by atoms with Gasteiger partial charge in [-0.2, -0.15) is 0 Å². The molecule has 1 aliphatic heterocycles. The Kier molecular flexibility index (Phi) is 4.14. The first-order chi connectivity index (χ1) is 9.15. The molecule has 1 fully saturated rings. The zero-order chi connectivity index (χ0) is 13.8. The highest BCUT2D eigenvalue weighted by Crippen LogP contribution is 2.27. The molecule has 2 rings (SSSR count). The van der Waals surface area contributed by atoms with Crippen molar-refractivity contribution in [3.05, 3.63) is 23.8 Å². The number of ether oxygens (including phenoxy) is 2. The van der Waals surface area contributed by atoms with Gasteiger partial charge in [-0.05, 0) is 24.1 Å². The lowest BCUT2D eigenvalue weighted by molar-refractivity contribution is 0.199. The third-order valence-electron chi connectivity index (χ3n) is 3.42. The second kappa shape index (κ2) is 5.82. The van der Waals surface area contributed by atoms with Crippen LogP contribution in [0.4, 0.5) is 4.79 Å². The van der Waals surface area contributed by atoms with E-state index < -0.39 is 0 Å². The number of hydrogen-bond acceptors (Lipinski definition) is 3. The van der Waals surface area contributed by atoms with Gasteiger partial charge in [-0.1, -0.05) is 6.07 Å². The normalized spacial score (nSPS) is 15.0. The molecule has 0 aliphatic carbocycles. The number of rotatable bonds is 5. The molecular formula is C14H20N2O3. The molecule has 0 N–H and O–H groups in total. The average molecular weight is 264 g/mol. The minimum absolute atomic E-state index is 0.112. The molecule has 1 aliphatic rings. The van der Waals surface area contributed by atoms with Gasteiger partial charge >= 0.3 is 6.03 Å². The average Bonchev–Trinajstić information content (AvgIpc) is 2.76. The molecule has 5 nitrogen and oxygen atoms in total. The second-order valence-electron chi connectivity index (χ2n) is 4.63. The molecule has 1 aromatic carbocycles. The van der Waals surface area contributed by atoms with Crippen molar-refractivity contribution in [2.75, 3.05) is 40.9 Å². The van der Waals surface area contributed by atoms with Gasteiger partial charge in [0.25, 0.3) is 0 Å². The number of amides is 2. The van der Waals surface area contributed by atoms with Crippen LogP contribution in [0.5, 0.6) is 11.5 Å².